The Morgan fingerprint density at radius 3 is 3.00 bits per heavy atom. The van der Waals surface area contributed by atoms with Gasteiger partial charge in [-0.3, -0.25) is 14.7 Å². The number of rotatable bonds is 5. The van der Waals surface area contributed by atoms with Crippen LogP contribution in [0, 0.1) is 5.92 Å². The molecule has 26 heavy (non-hydrogen) atoms. The lowest BCUT2D eigenvalue weighted by atomic mass is 9.83. The van der Waals surface area contributed by atoms with Gasteiger partial charge in [0.15, 0.2) is 0 Å². The summed E-state index contributed by atoms with van der Waals surface area (Å²) in [5.41, 5.74) is 2.39. The number of benzene rings is 1. The zero-order valence-electron chi connectivity index (χ0n) is 15.2. The van der Waals surface area contributed by atoms with Crippen molar-refractivity contribution in [3.8, 4) is 0 Å². The Kier molecular flexibility index (Phi) is 5.18. The molecule has 2 aliphatic heterocycles. The van der Waals surface area contributed by atoms with Crippen molar-refractivity contribution in [2.24, 2.45) is 5.92 Å². The number of likely N-dealkylation sites (tertiary alicyclic amines) is 2. The van der Waals surface area contributed by atoms with Crippen LogP contribution in [-0.4, -0.2) is 58.1 Å². The summed E-state index contributed by atoms with van der Waals surface area (Å²) in [4.78, 5) is 21.3. The Balaban J connectivity index is 1.46. The van der Waals surface area contributed by atoms with Crippen molar-refractivity contribution in [2.75, 3.05) is 26.2 Å². The lowest BCUT2D eigenvalue weighted by molar-refractivity contribution is -0.141. The fourth-order valence-corrected chi connectivity index (χ4v) is 4.65. The van der Waals surface area contributed by atoms with E-state index in [4.69, 9.17) is 5.11 Å². The van der Waals surface area contributed by atoms with Crippen LogP contribution in [-0.2, 0) is 11.3 Å². The Hall–Kier alpha value is -1.98. The Morgan fingerprint density at radius 2 is 2.12 bits per heavy atom. The minimum Gasteiger partial charge on any atom is -0.396 e. The third-order valence-electron chi connectivity index (χ3n) is 5.91. The number of hydrogen-bond donors (Lipinski definition) is 1. The van der Waals surface area contributed by atoms with Crippen LogP contribution in [0.1, 0.15) is 31.2 Å². The third-order valence-corrected chi connectivity index (χ3v) is 5.91. The number of carbonyl (C=O) groups excluding carboxylic acids is 1. The molecule has 0 bridgehead atoms. The first-order valence-electron chi connectivity index (χ1n) is 9.71. The monoisotopic (exact) mass is 353 g/mol. The summed E-state index contributed by atoms with van der Waals surface area (Å²) in [6.45, 7) is 3.86. The Labute approximate surface area is 154 Å². The maximum Gasteiger partial charge on any atom is 0.222 e. The molecular weight excluding hydrogens is 326 g/mol. The van der Waals surface area contributed by atoms with Crippen LogP contribution >= 0.6 is 0 Å². The number of pyridine rings is 1. The van der Waals surface area contributed by atoms with Crippen LogP contribution in [0.4, 0.5) is 0 Å². The normalized spacial score (nSPS) is 24.0. The van der Waals surface area contributed by atoms with E-state index in [1.807, 2.05) is 17.2 Å². The van der Waals surface area contributed by atoms with E-state index in [1.165, 1.54) is 10.9 Å². The first kappa shape index (κ1) is 17.4. The zero-order valence-corrected chi connectivity index (χ0v) is 15.2. The second-order valence-corrected chi connectivity index (χ2v) is 7.54. The van der Waals surface area contributed by atoms with Crippen LogP contribution in [0.15, 0.2) is 36.5 Å². The molecule has 0 aliphatic carbocycles. The highest BCUT2D eigenvalue weighted by molar-refractivity contribution is 5.81. The maximum absolute atomic E-state index is 12.3. The van der Waals surface area contributed by atoms with E-state index in [0.717, 1.165) is 38.0 Å². The molecule has 1 aromatic heterocycles. The molecule has 0 saturated carbocycles. The molecule has 5 nitrogen and oxygen atoms in total. The number of amides is 1. The largest absolute Gasteiger partial charge is 0.396 e. The lowest BCUT2D eigenvalue weighted by Crippen LogP contribution is -2.56. The molecule has 138 valence electrons. The summed E-state index contributed by atoms with van der Waals surface area (Å²) in [7, 11) is 0. The van der Waals surface area contributed by atoms with Crippen LogP contribution < -0.4 is 0 Å². The lowest BCUT2D eigenvalue weighted by Gasteiger charge is -2.47. The van der Waals surface area contributed by atoms with Gasteiger partial charge in [0.25, 0.3) is 0 Å². The van der Waals surface area contributed by atoms with Crippen LogP contribution in [0.3, 0.4) is 0 Å². The van der Waals surface area contributed by atoms with Gasteiger partial charge in [0.2, 0.25) is 5.91 Å². The molecule has 5 heteroatoms. The summed E-state index contributed by atoms with van der Waals surface area (Å²) in [5.74, 6) is 0.821. The van der Waals surface area contributed by atoms with Crippen molar-refractivity contribution in [3.63, 3.8) is 0 Å². The highest BCUT2D eigenvalue weighted by Crippen LogP contribution is 2.32. The summed E-state index contributed by atoms with van der Waals surface area (Å²) < 4.78 is 0. The van der Waals surface area contributed by atoms with E-state index in [1.54, 1.807) is 0 Å². The van der Waals surface area contributed by atoms with Gasteiger partial charge in [-0.2, -0.15) is 0 Å². The summed E-state index contributed by atoms with van der Waals surface area (Å²) >= 11 is 0. The van der Waals surface area contributed by atoms with Crippen molar-refractivity contribution in [1.82, 2.24) is 14.8 Å². The molecule has 4 rings (SSSR count). The van der Waals surface area contributed by atoms with E-state index in [2.05, 4.69) is 34.1 Å². The number of piperidine rings is 2. The number of carbonyl (C=O) groups is 1. The maximum atomic E-state index is 12.3. The number of fused-ring (bicyclic) bond motifs is 2. The van der Waals surface area contributed by atoms with E-state index in [-0.39, 0.29) is 12.5 Å². The second kappa shape index (κ2) is 7.72. The van der Waals surface area contributed by atoms with Crippen molar-refractivity contribution in [1.29, 1.82) is 0 Å². The fraction of sp³-hybridized carbons (Fsp3) is 0.524. The molecule has 0 radical (unpaired) electrons. The molecule has 0 unspecified atom stereocenters. The van der Waals surface area contributed by atoms with Crippen molar-refractivity contribution < 1.29 is 9.90 Å². The van der Waals surface area contributed by atoms with Crippen LogP contribution in [0.5, 0.6) is 0 Å². The Bertz CT molecular complexity index is 773. The minimum atomic E-state index is 0.155. The van der Waals surface area contributed by atoms with Crippen LogP contribution in [0.25, 0.3) is 10.9 Å². The number of hydrogen-bond acceptors (Lipinski definition) is 4. The average molecular weight is 353 g/mol. The van der Waals surface area contributed by atoms with Crippen molar-refractivity contribution >= 4 is 16.8 Å². The molecule has 3 heterocycles. The predicted octanol–water partition coefficient (Wildman–Crippen LogP) is 2.43. The smallest absolute Gasteiger partial charge is 0.222 e. The van der Waals surface area contributed by atoms with Crippen molar-refractivity contribution in [2.45, 2.75) is 38.3 Å². The molecule has 1 N–H and O–H groups in total. The molecule has 2 aromatic rings. The first-order chi connectivity index (χ1) is 12.8. The molecule has 1 amide bonds. The molecular formula is C21H27N3O2. The topological polar surface area (TPSA) is 56.7 Å². The van der Waals surface area contributed by atoms with Gasteiger partial charge in [0, 0.05) is 56.8 Å². The quantitative estimate of drug-likeness (QED) is 0.897. The molecule has 2 fully saturated rings. The average Bonchev–Trinajstić information content (AvgIpc) is 2.68. The zero-order chi connectivity index (χ0) is 17.9. The highest BCUT2D eigenvalue weighted by Gasteiger charge is 2.38. The van der Waals surface area contributed by atoms with E-state index >= 15 is 0 Å². The number of aliphatic hydroxyl groups excluding tert-OH is 1. The summed E-state index contributed by atoms with van der Waals surface area (Å²) in [6.07, 6.45) is 5.20. The summed E-state index contributed by atoms with van der Waals surface area (Å²) in [6, 6.07) is 10.9. The van der Waals surface area contributed by atoms with Gasteiger partial charge in [-0.25, -0.2) is 0 Å². The molecule has 2 atom stereocenters. The van der Waals surface area contributed by atoms with Gasteiger partial charge in [0.05, 0.1) is 5.52 Å². The van der Waals surface area contributed by atoms with Gasteiger partial charge in [0.1, 0.15) is 0 Å². The SMILES string of the molecule is O=C1CC[C@H]2CN(Cc3cccc4ncccc34)CC[C@H]2N1CCCO. The van der Waals surface area contributed by atoms with E-state index < -0.39 is 0 Å². The summed E-state index contributed by atoms with van der Waals surface area (Å²) in [5, 5.41) is 10.4. The van der Waals surface area contributed by atoms with Gasteiger partial charge in [-0.15, -0.1) is 0 Å². The third kappa shape index (κ3) is 3.46. The number of nitrogens with zero attached hydrogens (tertiary/aromatic N) is 3. The van der Waals surface area contributed by atoms with Gasteiger partial charge >= 0.3 is 0 Å². The van der Waals surface area contributed by atoms with Crippen LogP contribution in [0.2, 0.25) is 0 Å². The van der Waals surface area contributed by atoms with E-state index in [0.29, 0.717) is 31.3 Å². The Morgan fingerprint density at radius 1 is 1.19 bits per heavy atom. The molecule has 1 aromatic carbocycles. The van der Waals surface area contributed by atoms with Gasteiger partial charge in [-0.1, -0.05) is 18.2 Å². The molecule has 2 aliphatic rings. The highest BCUT2D eigenvalue weighted by atomic mass is 16.3. The minimum absolute atomic E-state index is 0.155. The number of aromatic nitrogens is 1. The van der Waals surface area contributed by atoms with E-state index in [9.17, 15) is 4.79 Å². The van der Waals surface area contributed by atoms with Gasteiger partial charge in [-0.05, 0) is 42.9 Å². The predicted molar refractivity (Wildman–Crippen MR) is 102 cm³/mol. The molecule has 0 spiro atoms. The fourth-order valence-electron chi connectivity index (χ4n) is 4.65. The van der Waals surface area contributed by atoms with Gasteiger partial charge < -0.3 is 10.0 Å². The number of aliphatic hydroxyl groups is 1. The van der Waals surface area contributed by atoms with Crippen molar-refractivity contribution in [3.05, 3.63) is 42.1 Å². The standard InChI is InChI=1S/C21H27N3O2/c25-13-3-11-24-20-9-12-23(15-17(20)7-8-21(24)26)14-16-4-1-6-19-18(16)5-2-10-22-19/h1-2,4-6,10,17,20,25H,3,7-9,11-15H2/t17-,20+/m0/s1. The molecule has 2 saturated heterocycles. The first-order valence-corrected chi connectivity index (χ1v) is 9.71. The second-order valence-electron chi connectivity index (χ2n) is 7.54.